The highest BCUT2D eigenvalue weighted by molar-refractivity contribution is 5.65. The van der Waals surface area contributed by atoms with Crippen molar-refractivity contribution in [1.29, 1.82) is 0 Å². The molecule has 5 nitrogen and oxygen atoms in total. The highest BCUT2D eigenvalue weighted by atomic mass is 16.4. The van der Waals surface area contributed by atoms with E-state index >= 15 is 0 Å². The van der Waals surface area contributed by atoms with Gasteiger partial charge in [-0.1, -0.05) is 6.07 Å². The molecule has 20 heavy (non-hydrogen) atoms. The van der Waals surface area contributed by atoms with Crippen LogP contribution < -0.4 is 11.1 Å². The maximum absolute atomic E-state index is 10.5. The Morgan fingerprint density at radius 2 is 1.95 bits per heavy atom. The summed E-state index contributed by atoms with van der Waals surface area (Å²) < 4.78 is 0. The van der Waals surface area contributed by atoms with Crippen molar-refractivity contribution in [3.05, 3.63) is 29.3 Å². The van der Waals surface area contributed by atoms with Crippen molar-refractivity contribution in [2.45, 2.75) is 51.7 Å². The number of amides is 1. The van der Waals surface area contributed by atoms with E-state index in [4.69, 9.17) is 15.9 Å². The number of rotatable bonds is 1. The van der Waals surface area contributed by atoms with Crippen LogP contribution in [-0.2, 0) is 12.8 Å². The lowest BCUT2D eigenvalue weighted by Crippen LogP contribution is -2.37. The number of nitrogens with one attached hydrogen (secondary N) is 1. The molecular formula is C15H24N2O3. The van der Waals surface area contributed by atoms with Crippen LogP contribution in [0.1, 0.15) is 38.3 Å². The van der Waals surface area contributed by atoms with Gasteiger partial charge in [-0.25, -0.2) is 4.79 Å². The van der Waals surface area contributed by atoms with E-state index in [9.17, 15) is 4.79 Å². The van der Waals surface area contributed by atoms with Crippen LogP contribution in [0.15, 0.2) is 18.2 Å². The molecule has 5 heteroatoms. The average molecular weight is 280 g/mol. The molecule has 0 heterocycles. The van der Waals surface area contributed by atoms with Crippen molar-refractivity contribution in [1.82, 2.24) is 5.32 Å². The Hall–Kier alpha value is -1.75. The molecule has 0 aliphatic heterocycles. The molecule has 0 fully saturated rings. The van der Waals surface area contributed by atoms with E-state index in [1.54, 1.807) is 20.8 Å². The lowest BCUT2D eigenvalue weighted by molar-refractivity contribution is 0.102. The third kappa shape index (κ3) is 6.43. The van der Waals surface area contributed by atoms with Gasteiger partial charge in [-0.05, 0) is 63.3 Å². The normalized spacial score (nSPS) is 17.5. The fraction of sp³-hybridized carbons (Fsp3) is 0.533. The number of fused-ring (bicyclic) bond motifs is 1. The average Bonchev–Trinajstić information content (AvgIpc) is 2.26. The Morgan fingerprint density at radius 3 is 2.50 bits per heavy atom. The van der Waals surface area contributed by atoms with Gasteiger partial charge in [0.1, 0.15) is 0 Å². The molecule has 1 aromatic rings. The van der Waals surface area contributed by atoms with Gasteiger partial charge in [0, 0.05) is 11.7 Å². The minimum atomic E-state index is -0.945. The number of hydrogen-bond acceptors (Lipinski definition) is 3. The third-order valence-electron chi connectivity index (χ3n) is 2.79. The number of nitrogens with two attached hydrogens (primary N) is 1. The maximum Gasteiger partial charge on any atom is 0.404 e. The topological polar surface area (TPSA) is 95.6 Å². The Balaban J connectivity index is 0.000000347. The van der Waals surface area contributed by atoms with E-state index in [0.717, 1.165) is 24.9 Å². The summed E-state index contributed by atoms with van der Waals surface area (Å²) in [4.78, 5) is 10.5. The maximum atomic E-state index is 10.5. The molecule has 0 bridgehead atoms. The zero-order valence-electron chi connectivity index (χ0n) is 12.3. The van der Waals surface area contributed by atoms with Gasteiger partial charge in [-0.2, -0.15) is 0 Å². The first kappa shape index (κ1) is 16.3. The van der Waals surface area contributed by atoms with Crippen molar-refractivity contribution in [3.8, 4) is 0 Å². The molecule has 0 radical (unpaired) electrons. The van der Waals surface area contributed by atoms with Crippen LogP contribution in [0.25, 0.3) is 0 Å². The molecule has 2 rings (SSSR count). The monoisotopic (exact) mass is 280 g/mol. The van der Waals surface area contributed by atoms with Crippen molar-refractivity contribution >= 4 is 11.8 Å². The summed E-state index contributed by atoms with van der Waals surface area (Å²) in [6.07, 6.45) is 1.56. The molecule has 0 aromatic heterocycles. The van der Waals surface area contributed by atoms with Crippen molar-refractivity contribution in [3.63, 3.8) is 0 Å². The molecule has 1 unspecified atom stereocenters. The van der Waals surface area contributed by atoms with Crippen LogP contribution in [-0.4, -0.2) is 27.9 Å². The van der Waals surface area contributed by atoms with E-state index in [1.807, 2.05) is 18.2 Å². The number of carboxylic acid groups (broad SMARTS) is 1. The largest absolute Gasteiger partial charge is 0.465 e. The van der Waals surface area contributed by atoms with Gasteiger partial charge >= 0.3 is 6.09 Å². The summed E-state index contributed by atoms with van der Waals surface area (Å²) in [5.41, 5.74) is 8.42. The van der Waals surface area contributed by atoms with Crippen molar-refractivity contribution in [2.24, 2.45) is 0 Å². The minimum absolute atomic E-state index is 0.0404. The van der Waals surface area contributed by atoms with E-state index in [0.29, 0.717) is 0 Å². The summed E-state index contributed by atoms with van der Waals surface area (Å²) in [6.45, 7) is 5.23. The first-order valence-corrected chi connectivity index (χ1v) is 6.74. The molecule has 1 aliphatic rings. The van der Waals surface area contributed by atoms with Crippen molar-refractivity contribution in [2.75, 3.05) is 5.73 Å². The summed E-state index contributed by atoms with van der Waals surface area (Å²) in [7, 11) is 0. The standard InChI is InChI=1S/C11H14N2O2.C4H10O/c12-9-3-1-8-6-10(13-11(14)15)4-2-7(8)5-9;1-4(2,3)5/h1,3,5,10,13H,2,4,6,12H2,(H,14,15);5H,1-3H3. The smallest absolute Gasteiger partial charge is 0.404 e. The van der Waals surface area contributed by atoms with Gasteiger partial charge in [-0.15, -0.1) is 0 Å². The zero-order chi connectivity index (χ0) is 15.3. The second kappa shape index (κ2) is 6.61. The first-order chi connectivity index (χ1) is 9.15. The fourth-order valence-corrected chi connectivity index (χ4v) is 2.07. The molecule has 1 aromatic carbocycles. The lowest BCUT2D eigenvalue weighted by Gasteiger charge is -2.24. The third-order valence-corrected chi connectivity index (χ3v) is 2.79. The summed E-state index contributed by atoms with van der Waals surface area (Å²) in [5, 5.41) is 19.7. The van der Waals surface area contributed by atoms with Crippen LogP contribution in [0.3, 0.4) is 0 Å². The molecule has 5 N–H and O–H groups in total. The van der Waals surface area contributed by atoms with E-state index in [2.05, 4.69) is 5.32 Å². The van der Waals surface area contributed by atoms with Crippen LogP contribution >= 0.6 is 0 Å². The highest BCUT2D eigenvalue weighted by Crippen LogP contribution is 2.23. The summed E-state index contributed by atoms with van der Waals surface area (Å²) in [5.74, 6) is 0. The van der Waals surface area contributed by atoms with Crippen LogP contribution in [0.2, 0.25) is 0 Å². The predicted molar refractivity (Wildman–Crippen MR) is 79.8 cm³/mol. The number of anilines is 1. The highest BCUT2D eigenvalue weighted by Gasteiger charge is 2.19. The summed E-state index contributed by atoms with van der Waals surface area (Å²) >= 11 is 0. The Kier molecular flexibility index (Phi) is 5.39. The van der Waals surface area contributed by atoms with Gasteiger partial charge in [0.2, 0.25) is 0 Å². The van der Waals surface area contributed by atoms with Crippen molar-refractivity contribution < 1.29 is 15.0 Å². The molecule has 1 aliphatic carbocycles. The number of aliphatic hydroxyl groups is 1. The minimum Gasteiger partial charge on any atom is -0.465 e. The molecule has 0 spiro atoms. The number of benzene rings is 1. The Bertz CT molecular complexity index is 461. The molecule has 1 amide bonds. The van der Waals surface area contributed by atoms with E-state index in [1.165, 1.54) is 11.1 Å². The Morgan fingerprint density at radius 1 is 1.35 bits per heavy atom. The molecular weight excluding hydrogens is 256 g/mol. The number of hydrogen-bond donors (Lipinski definition) is 4. The number of nitrogen functional groups attached to an aromatic ring is 1. The molecule has 0 saturated heterocycles. The van der Waals surface area contributed by atoms with E-state index < -0.39 is 11.7 Å². The predicted octanol–water partition coefficient (Wildman–Crippen LogP) is 2.17. The zero-order valence-corrected chi connectivity index (χ0v) is 12.3. The van der Waals surface area contributed by atoms with Crippen LogP contribution in [0, 0.1) is 0 Å². The quantitative estimate of drug-likeness (QED) is 0.593. The first-order valence-electron chi connectivity index (χ1n) is 6.74. The molecule has 112 valence electrons. The molecule has 0 saturated carbocycles. The lowest BCUT2D eigenvalue weighted by atomic mass is 9.88. The SMILES string of the molecule is CC(C)(C)O.Nc1ccc2c(c1)CCC(NC(=O)O)C2. The molecule has 1 atom stereocenters. The fourth-order valence-electron chi connectivity index (χ4n) is 2.07. The van der Waals surface area contributed by atoms with Crippen LogP contribution in [0.5, 0.6) is 0 Å². The van der Waals surface area contributed by atoms with Gasteiger partial charge in [-0.3, -0.25) is 0 Å². The van der Waals surface area contributed by atoms with E-state index in [-0.39, 0.29) is 6.04 Å². The van der Waals surface area contributed by atoms with Gasteiger partial charge in [0.05, 0.1) is 5.60 Å². The number of aryl methyl sites for hydroxylation is 1. The van der Waals surface area contributed by atoms with Gasteiger partial charge < -0.3 is 21.3 Å². The van der Waals surface area contributed by atoms with Gasteiger partial charge in [0.25, 0.3) is 0 Å². The summed E-state index contributed by atoms with van der Waals surface area (Å²) in [6, 6.07) is 5.87. The Labute approximate surface area is 119 Å². The second-order valence-corrected chi connectivity index (χ2v) is 6.09. The number of carbonyl (C=O) groups is 1. The van der Waals surface area contributed by atoms with Gasteiger partial charge in [0.15, 0.2) is 0 Å². The second-order valence-electron chi connectivity index (χ2n) is 6.09. The van der Waals surface area contributed by atoms with Crippen LogP contribution in [0.4, 0.5) is 10.5 Å².